The number of hydrogen-bond acceptors (Lipinski definition) is 4. The molecule has 3 atom stereocenters. The number of nitrogens with zero attached hydrogens (tertiary/aromatic N) is 2. The second kappa shape index (κ2) is 8.19. The van der Waals surface area contributed by atoms with Gasteiger partial charge in [0, 0.05) is 25.2 Å². The first-order chi connectivity index (χ1) is 13.2. The molecule has 1 amide bonds. The van der Waals surface area contributed by atoms with E-state index in [9.17, 15) is 4.79 Å². The number of piperidine rings is 2. The van der Waals surface area contributed by atoms with Crippen molar-refractivity contribution in [3.63, 3.8) is 0 Å². The van der Waals surface area contributed by atoms with E-state index in [1.165, 1.54) is 0 Å². The van der Waals surface area contributed by atoms with Crippen molar-refractivity contribution in [2.45, 2.75) is 69.7 Å². The Hall–Kier alpha value is -1.59. The van der Waals surface area contributed by atoms with Gasteiger partial charge in [-0.2, -0.15) is 0 Å². The standard InChI is InChI=1S/C22H32N2O3/c1-3-26-21-7-5-4-6-20(21)22(25)24-16-8-9-17(24)15-19(14-16)27-18-10-12-23(2)13-11-18/h4-7,16-19H,3,8-15H2,1-2H3/t16-,17+,19?. The summed E-state index contributed by atoms with van der Waals surface area (Å²) in [4.78, 5) is 17.8. The van der Waals surface area contributed by atoms with Crippen molar-refractivity contribution < 1.29 is 14.3 Å². The van der Waals surface area contributed by atoms with Gasteiger partial charge in [-0.15, -0.1) is 0 Å². The van der Waals surface area contributed by atoms with Crippen LogP contribution in [0.15, 0.2) is 24.3 Å². The van der Waals surface area contributed by atoms with Crippen LogP contribution in [0.25, 0.3) is 0 Å². The molecule has 3 fully saturated rings. The molecule has 0 radical (unpaired) electrons. The van der Waals surface area contributed by atoms with Crippen LogP contribution in [0.3, 0.4) is 0 Å². The molecule has 1 unspecified atom stereocenters. The van der Waals surface area contributed by atoms with E-state index in [-0.39, 0.29) is 5.91 Å². The molecule has 1 aromatic rings. The topological polar surface area (TPSA) is 42.0 Å². The number of ether oxygens (including phenoxy) is 2. The maximum atomic E-state index is 13.3. The Morgan fingerprint density at radius 2 is 1.70 bits per heavy atom. The van der Waals surface area contributed by atoms with Gasteiger partial charge in [0.1, 0.15) is 5.75 Å². The number of benzene rings is 1. The third-order valence-electron chi connectivity index (χ3n) is 6.39. The molecule has 0 aliphatic carbocycles. The van der Waals surface area contributed by atoms with Crippen molar-refractivity contribution in [2.24, 2.45) is 0 Å². The number of rotatable bonds is 5. The molecule has 27 heavy (non-hydrogen) atoms. The fraction of sp³-hybridized carbons (Fsp3) is 0.682. The Morgan fingerprint density at radius 3 is 2.37 bits per heavy atom. The molecule has 0 aromatic heterocycles. The molecule has 148 valence electrons. The van der Waals surface area contributed by atoms with E-state index >= 15 is 0 Å². The van der Waals surface area contributed by atoms with Crippen molar-refractivity contribution in [1.29, 1.82) is 0 Å². The SMILES string of the molecule is CCOc1ccccc1C(=O)N1[C@@H]2CC[C@H]1CC(OC1CCN(C)CC1)C2. The van der Waals surface area contributed by atoms with Gasteiger partial charge >= 0.3 is 0 Å². The molecule has 1 aromatic carbocycles. The third kappa shape index (κ3) is 3.99. The molecule has 0 spiro atoms. The van der Waals surface area contributed by atoms with E-state index in [1.54, 1.807) is 0 Å². The summed E-state index contributed by atoms with van der Waals surface area (Å²) in [5.74, 6) is 0.832. The highest BCUT2D eigenvalue weighted by atomic mass is 16.5. The molecular formula is C22H32N2O3. The van der Waals surface area contributed by atoms with Crippen molar-refractivity contribution in [2.75, 3.05) is 26.7 Å². The second-order valence-electron chi connectivity index (χ2n) is 8.26. The van der Waals surface area contributed by atoms with Crippen molar-refractivity contribution in [1.82, 2.24) is 9.80 Å². The van der Waals surface area contributed by atoms with E-state index in [1.807, 2.05) is 31.2 Å². The lowest BCUT2D eigenvalue weighted by atomic mass is 9.97. The van der Waals surface area contributed by atoms with E-state index in [0.29, 0.717) is 42.2 Å². The Balaban J connectivity index is 1.41. The molecule has 0 saturated carbocycles. The van der Waals surface area contributed by atoms with Crippen LogP contribution in [0.1, 0.15) is 55.8 Å². The first kappa shape index (κ1) is 18.8. The summed E-state index contributed by atoms with van der Waals surface area (Å²) in [7, 11) is 2.18. The van der Waals surface area contributed by atoms with Crippen LogP contribution in [0, 0.1) is 0 Å². The average molecular weight is 373 g/mol. The quantitative estimate of drug-likeness (QED) is 0.795. The first-order valence-corrected chi connectivity index (χ1v) is 10.5. The fourth-order valence-electron chi connectivity index (χ4n) is 5.03. The summed E-state index contributed by atoms with van der Waals surface area (Å²) in [6.07, 6.45) is 7.12. The van der Waals surface area contributed by atoms with Crippen LogP contribution in [0.2, 0.25) is 0 Å². The normalized spacial score (nSPS) is 29.1. The van der Waals surface area contributed by atoms with Crippen molar-refractivity contribution >= 4 is 5.91 Å². The highest BCUT2D eigenvalue weighted by Gasteiger charge is 2.44. The van der Waals surface area contributed by atoms with Crippen molar-refractivity contribution in [3.05, 3.63) is 29.8 Å². The van der Waals surface area contributed by atoms with Gasteiger partial charge in [-0.05, 0) is 64.6 Å². The molecule has 5 nitrogen and oxygen atoms in total. The zero-order valence-corrected chi connectivity index (χ0v) is 16.6. The van der Waals surface area contributed by atoms with E-state index < -0.39 is 0 Å². The van der Waals surface area contributed by atoms with Gasteiger partial charge in [0.2, 0.25) is 0 Å². The molecule has 3 aliphatic rings. The predicted octanol–water partition coefficient (Wildman–Crippen LogP) is 3.33. The second-order valence-corrected chi connectivity index (χ2v) is 8.26. The van der Waals surface area contributed by atoms with Gasteiger partial charge in [0.25, 0.3) is 5.91 Å². The Kier molecular flexibility index (Phi) is 5.69. The average Bonchev–Trinajstić information content (AvgIpc) is 2.94. The fourth-order valence-corrected chi connectivity index (χ4v) is 5.03. The van der Waals surface area contributed by atoms with E-state index in [2.05, 4.69) is 16.8 Å². The van der Waals surface area contributed by atoms with Crippen LogP contribution in [0.4, 0.5) is 0 Å². The van der Waals surface area contributed by atoms with Crippen LogP contribution in [0.5, 0.6) is 5.75 Å². The highest BCUT2D eigenvalue weighted by Crippen LogP contribution is 2.39. The van der Waals surface area contributed by atoms with Crippen LogP contribution < -0.4 is 4.74 Å². The number of para-hydroxylation sites is 1. The van der Waals surface area contributed by atoms with E-state index in [0.717, 1.165) is 51.6 Å². The molecule has 0 N–H and O–H groups in total. The van der Waals surface area contributed by atoms with Crippen molar-refractivity contribution in [3.8, 4) is 5.75 Å². The number of amides is 1. The third-order valence-corrected chi connectivity index (χ3v) is 6.39. The summed E-state index contributed by atoms with van der Waals surface area (Å²) in [6.45, 7) is 4.78. The summed E-state index contributed by atoms with van der Waals surface area (Å²) in [5.41, 5.74) is 0.700. The molecule has 3 saturated heterocycles. The predicted molar refractivity (Wildman–Crippen MR) is 105 cm³/mol. The smallest absolute Gasteiger partial charge is 0.258 e. The Morgan fingerprint density at radius 1 is 1.04 bits per heavy atom. The Bertz CT molecular complexity index is 643. The maximum Gasteiger partial charge on any atom is 0.258 e. The lowest BCUT2D eigenvalue weighted by Crippen LogP contribution is -2.49. The van der Waals surface area contributed by atoms with Gasteiger partial charge < -0.3 is 19.3 Å². The molecule has 3 aliphatic heterocycles. The molecule has 2 bridgehead atoms. The molecular weight excluding hydrogens is 340 g/mol. The zero-order valence-electron chi connectivity index (χ0n) is 16.6. The zero-order chi connectivity index (χ0) is 18.8. The van der Waals surface area contributed by atoms with Gasteiger partial charge in [0.15, 0.2) is 0 Å². The Labute approximate surface area is 162 Å². The minimum absolute atomic E-state index is 0.129. The van der Waals surface area contributed by atoms with Gasteiger partial charge in [-0.3, -0.25) is 4.79 Å². The number of fused-ring (bicyclic) bond motifs is 2. The van der Waals surface area contributed by atoms with Crippen LogP contribution >= 0.6 is 0 Å². The molecule has 3 heterocycles. The summed E-state index contributed by atoms with van der Waals surface area (Å²) in [6, 6.07) is 8.26. The first-order valence-electron chi connectivity index (χ1n) is 10.5. The van der Waals surface area contributed by atoms with Crippen LogP contribution in [-0.4, -0.2) is 66.7 Å². The monoisotopic (exact) mass is 372 g/mol. The highest BCUT2D eigenvalue weighted by molar-refractivity contribution is 5.97. The summed E-state index contributed by atoms with van der Waals surface area (Å²) < 4.78 is 12.2. The largest absolute Gasteiger partial charge is 0.493 e. The number of carbonyl (C=O) groups excluding carboxylic acids is 1. The van der Waals surface area contributed by atoms with Gasteiger partial charge in [-0.1, -0.05) is 12.1 Å². The summed E-state index contributed by atoms with van der Waals surface area (Å²) in [5, 5.41) is 0. The number of hydrogen-bond donors (Lipinski definition) is 0. The summed E-state index contributed by atoms with van der Waals surface area (Å²) >= 11 is 0. The van der Waals surface area contributed by atoms with Gasteiger partial charge in [0.05, 0.1) is 24.4 Å². The van der Waals surface area contributed by atoms with E-state index in [4.69, 9.17) is 9.47 Å². The number of carbonyl (C=O) groups is 1. The minimum atomic E-state index is 0.129. The molecule has 5 heteroatoms. The molecule has 4 rings (SSSR count). The maximum absolute atomic E-state index is 13.3. The minimum Gasteiger partial charge on any atom is -0.493 e. The lowest BCUT2D eigenvalue weighted by Gasteiger charge is -2.41. The van der Waals surface area contributed by atoms with Gasteiger partial charge in [-0.25, -0.2) is 0 Å². The lowest BCUT2D eigenvalue weighted by molar-refractivity contribution is -0.0725. The van der Waals surface area contributed by atoms with Crippen LogP contribution in [-0.2, 0) is 4.74 Å². The number of likely N-dealkylation sites (tertiary alicyclic amines) is 1.